The van der Waals surface area contributed by atoms with Gasteiger partial charge in [-0.1, -0.05) is 12.1 Å². The van der Waals surface area contributed by atoms with Gasteiger partial charge in [-0.2, -0.15) is 0 Å². The van der Waals surface area contributed by atoms with E-state index in [1.165, 1.54) is 17.6 Å². The summed E-state index contributed by atoms with van der Waals surface area (Å²) >= 11 is 2.13. The number of Topliss-reactive ketones (excluding diaryl/α,β-unsaturated/α-hetero) is 1. The number of nitrogens with zero attached hydrogens (tertiary/aromatic N) is 1. The Morgan fingerprint density at radius 3 is 2.50 bits per heavy atom. The molecule has 2 rings (SSSR count). The van der Waals surface area contributed by atoms with E-state index in [9.17, 15) is 14.7 Å². The maximum Gasteiger partial charge on any atom is 0.352 e. The van der Waals surface area contributed by atoms with E-state index in [4.69, 9.17) is 0 Å². The Morgan fingerprint density at radius 2 is 1.94 bits per heavy atom. The summed E-state index contributed by atoms with van der Waals surface area (Å²) in [5, 5.41) is 9.18. The van der Waals surface area contributed by atoms with Gasteiger partial charge in [-0.15, -0.1) is 0 Å². The molecule has 0 aliphatic carbocycles. The number of halogens is 1. The Bertz CT molecular complexity index is 631. The van der Waals surface area contributed by atoms with Crippen LogP contribution in [0.4, 0.5) is 0 Å². The summed E-state index contributed by atoms with van der Waals surface area (Å²) in [7, 11) is 0. The van der Waals surface area contributed by atoms with Crippen LogP contribution in [0.1, 0.15) is 27.8 Å². The van der Waals surface area contributed by atoms with Crippen molar-refractivity contribution >= 4 is 34.3 Å². The minimum atomic E-state index is -1.05. The smallest absolute Gasteiger partial charge is 0.352 e. The first kappa shape index (κ1) is 12.8. The third kappa shape index (κ3) is 2.31. The quantitative estimate of drug-likeness (QED) is 0.680. The second kappa shape index (κ2) is 4.93. The van der Waals surface area contributed by atoms with E-state index >= 15 is 0 Å². The van der Waals surface area contributed by atoms with Crippen LogP contribution in [0, 0.1) is 3.57 Å². The van der Waals surface area contributed by atoms with Crippen molar-refractivity contribution < 1.29 is 14.7 Å². The van der Waals surface area contributed by atoms with E-state index in [0.717, 1.165) is 9.26 Å². The lowest BCUT2D eigenvalue weighted by Crippen LogP contribution is -2.06. The van der Waals surface area contributed by atoms with Crippen molar-refractivity contribution in [2.24, 2.45) is 0 Å². The number of hydrogen-bond acceptors (Lipinski definition) is 2. The van der Waals surface area contributed by atoms with Crippen LogP contribution < -0.4 is 0 Å². The zero-order valence-corrected chi connectivity index (χ0v) is 11.7. The summed E-state index contributed by atoms with van der Waals surface area (Å²) in [5.41, 5.74) is 1.24. The van der Waals surface area contributed by atoms with Crippen LogP contribution in [0.15, 0.2) is 36.5 Å². The van der Waals surface area contributed by atoms with Gasteiger partial charge in [-0.25, -0.2) is 4.79 Å². The van der Waals surface area contributed by atoms with Crippen LogP contribution in [0.5, 0.6) is 0 Å². The maximum absolute atomic E-state index is 11.3. The fourth-order valence-electron chi connectivity index (χ4n) is 1.67. The number of aromatic carboxylic acids is 1. The number of hydrogen-bond donors (Lipinski definition) is 1. The standard InChI is InChI=1S/C13H10INO3/c1-8(16)9-6-12(13(17)18)15(7-9)11-5-3-2-4-10(11)14/h2-7H,1H3,(H,17,18). The average Bonchev–Trinajstić information content (AvgIpc) is 2.74. The highest BCUT2D eigenvalue weighted by Crippen LogP contribution is 2.21. The topological polar surface area (TPSA) is 59.3 Å². The normalized spacial score (nSPS) is 10.3. The van der Waals surface area contributed by atoms with Crippen LogP contribution in [-0.2, 0) is 0 Å². The first-order valence-corrected chi connectivity index (χ1v) is 6.30. The van der Waals surface area contributed by atoms with Crippen LogP contribution >= 0.6 is 22.6 Å². The number of para-hydroxylation sites is 1. The van der Waals surface area contributed by atoms with Crippen molar-refractivity contribution in [3.8, 4) is 5.69 Å². The summed E-state index contributed by atoms with van der Waals surface area (Å²) in [6, 6.07) is 8.80. The predicted octanol–water partition coefficient (Wildman–Crippen LogP) is 2.98. The molecular formula is C13H10INO3. The van der Waals surface area contributed by atoms with Crippen molar-refractivity contribution in [3.05, 3.63) is 51.4 Å². The van der Waals surface area contributed by atoms with Crippen LogP contribution in [0.25, 0.3) is 5.69 Å². The highest BCUT2D eigenvalue weighted by atomic mass is 127. The second-order valence-corrected chi connectivity index (χ2v) is 4.96. The molecular weight excluding hydrogens is 345 g/mol. The number of carbonyl (C=O) groups is 2. The molecule has 1 N–H and O–H groups in total. The molecule has 1 heterocycles. The van der Waals surface area contributed by atoms with E-state index in [1.807, 2.05) is 24.3 Å². The fraction of sp³-hybridized carbons (Fsp3) is 0.0769. The zero-order chi connectivity index (χ0) is 13.3. The molecule has 4 nitrogen and oxygen atoms in total. The fourth-order valence-corrected chi connectivity index (χ4v) is 2.31. The van der Waals surface area contributed by atoms with Gasteiger partial charge in [-0.3, -0.25) is 4.79 Å². The van der Waals surface area contributed by atoms with Crippen LogP contribution in [0.2, 0.25) is 0 Å². The molecule has 18 heavy (non-hydrogen) atoms. The summed E-state index contributed by atoms with van der Waals surface area (Å²) in [6.45, 7) is 1.42. The number of carboxylic acid groups (broad SMARTS) is 1. The Labute approximate surface area is 117 Å². The van der Waals surface area contributed by atoms with E-state index < -0.39 is 5.97 Å². The third-order valence-electron chi connectivity index (χ3n) is 2.56. The molecule has 0 saturated carbocycles. The first-order chi connectivity index (χ1) is 8.50. The molecule has 2 aromatic rings. The van der Waals surface area contributed by atoms with Crippen LogP contribution in [0.3, 0.4) is 0 Å². The lowest BCUT2D eigenvalue weighted by Gasteiger charge is -2.08. The van der Waals surface area contributed by atoms with Gasteiger partial charge < -0.3 is 9.67 Å². The Balaban J connectivity index is 2.67. The second-order valence-electron chi connectivity index (χ2n) is 3.80. The molecule has 0 aliphatic rings. The van der Waals surface area contributed by atoms with Gasteiger partial charge in [0, 0.05) is 15.3 Å². The van der Waals surface area contributed by atoms with Gasteiger partial charge in [-0.05, 0) is 47.7 Å². The van der Waals surface area contributed by atoms with Crippen molar-refractivity contribution in [2.45, 2.75) is 6.92 Å². The first-order valence-electron chi connectivity index (χ1n) is 5.22. The lowest BCUT2D eigenvalue weighted by atomic mass is 10.2. The Morgan fingerprint density at radius 1 is 1.28 bits per heavy atom. The number of aromatic nitrogens is 1. The van der Waals surface area contributed by atoms with Gasteiger partial charge in [0.15, 0.2) is 5.78 Å². The van der Waals surface area contributed by atoms with E-state index in [0.29, 0.717) is 5.56 Å². The largest absolute Gasteiger partial charge is 0.477 e. The summed E-state index contributed by atoms with van der Waals surface area (Å²) in [6.07, 6.45) is 1.56. The molecule has 0 saturated heterocycles. The van der Waals surface area contributed by atoms with Crippen molar-refractivity contribution in [2.75, 3.05) is 0 Å². The number of rotatable bonds is 3. The van der Waals surface area contributed by atoms with E-state index in [2.05, 4.69) is 22.6 Å². The zero-order valence-electron chi connectivity index (χ0n) is 9.55. The van der Waals surface area contributed by atoms with Gasteiger partial charge in [0.2, 0.25) is 0 Å². The van der Waals surface area contributed by atoms with Crippen molar-refractivity contribution in [1.29, 1.82) is 0 Å². The minimum absolute atomic E-state index is 0.0873. The summed E-state index contributed by atoms with van der Waals surface area (Å²) in [5.74, 6) is -1.20. The van der Waals surface area contributed by atoms with E-state index in [-0.39, 0.29) is 11.5 Å². The van der Waals surface area contributed by atoms with Gasteiger partial charge in [0.05, 0.1) is 5.69 Å². The molecule has 0 amide bonds. The monoisotopic (exact) mass is 355 g/mol. The van der Waals surface area contributed by atoms with Gasteiger partial charge in [0.1, 0.15) is 5.69 Å². The van der Waals surface area contributed by atoms with Crippen molar-refractivity contribution in [3.63, 3.8) is 0 Å². The third-order valence-corrected chi connectivity index (χ3v) is 3.47. The molecule has 5 heteroatoms. The predicted molar refractivity (Wildman–Crippen MR) is 75.4 cm³/mol. The molecule has 0 atom stereocenters. The Hall–Kier alpha value is -1.63. The highest BCUT2D eigenvalue weighted by Gasteiger charge is 2.16. The number of carbonyl (C=O) groups excluding carboxylic acids is 1. The highest BCUT2D eigenvalue weighted by molar-refractivity contribution is 14.1. The van der Waals surface area contributed by atoms with Gasteiger partial charge in [0.25, 0.3) is 0 Å². The molecule has 0 unspecified atom stereocenters. The number of benzene rings is 1. The molecule has 1 aromatic heterocycles. The molecule has 0 spiro atoms. The molecule has 0 bridgehead atoms. The molecule has 0 fully saturated rings. The molecule has 1 aromatic carbocycles. The number of carboxylic acids is 1. The lowest BCUT2D eigenvalue weighted by molar-refractivity contribution is 0.0688. The van der Waals surface area contributed by atoms with Crippen molar-refractivity contribution in [1.82, 2.24) is 4.57 Å². The van der Waals surface area contributed by atoms with E-state index in [1.54, 1.807) is 6.20 Å². The molecule has 92 valence electrons. The molecule has 0 aliphatic heterocycles. The minimum Gasteiger partial charge on any atom is -0.477 e. The maximum atomic E-state index is 11.3. The summed E-state index contributed by atoms with van der Waals surface area (Å²) in [4.78, 5) is 22.5. The van der Waals surface area contributed by atoms with Gasteiger partial charge >= 0.3 is 5.97 Å². The summed E-state index contributed by atoms with van der Waals surface area (Å²) < 4.78 is 2.45. The van der Waals surface area contributed by atoms with Crippen LogP contribution in [-0.4, -0.2) is 21.4 Å². The average molecular weight is 355 g/mol. The Kier molecular flexibility index (Phi) is 3.51. The molecule has 0 radical (unpaired) electrons. The SMILES string of the molecule is CC(=O)c1cc(C(=O)O)n(-c2ccccc2I)c1. The number of ketones is 1.